The highest BCUT2D eigenvalue weighted by Gasteiger charge is 2.22. The van der Waals surface area contributed by atoms with Crippen LogP contribution in [0.2, 0.25) is 5.02 Å². The first-order valence-corrected chi connectivity index (χ1v) is 7.22. The maximum atomic E-state index is 12.5. The van der Waals surface area contributed by atoms with Crippen LogP contribution in [-0.4, -0.2) is 24.6 Å². The SMILES string of the molecule is COc1ccc(/C=C(\C(=O)C(=O)[O-])C(=O)c2ccccc2Cl)cc1. The predicted octanol–water partition coefficient (Wildman–Crippen LogP) is 1.93. The van der Waals surface area contributed by atoms with Gasteiger partial charge in [-0.05, 0) is 35.9 Å². The Morgan fingerprint density at radius 1 is 1.04 bits per heavy atom. The van der Waals surface area contributed by atoms with E-state index in [2.05, 4.69) is 0 Å². The lowest BCUT2D eigenvalue weighted by Crippen LogP contribution is -2.34. The van der Waals surface area contributed by atoms with E-state index in [0.29, 0.717) is 11.3 Å². The number of rotatable bonds is 6. The number of carbonyl (C=O) groups is 3. The zero-order valence-electron chi connectivity index (χ0n) is 12.6. The average molecular weight is 344 g/mol. The molecule has 0 radical (unpaired) electrons. The Morgan fingerprint density at radius 3 is 2.21 bits per heavy atom. The number of halogens is 1. The van der Waals surface area contributed by atoms with Crippen LogP contribution in [0.4, 0.5) is 0 Å². The van der Waals surface area contributed by atoms with E-state index < -0.39 is 23.1 Å². The molecule has 2 aromatic carbocycles. The minimum Gasteiger partial charge on any atom is -0.541 e. The van der Waals surface area contributed by atoms with Crippen LogP contribution in [0.1, 0.15) is 15.9 Å². The van der Waals surface area contributed by atoms with Gasteiger partial charge in [-0.3, -0.25) is 9.59 Å². The third-order valence-electron chi connectivity index (χ3n) is 3.22. The molecule has 122 valence electrons. The van der Waals surface area contributed by atoms with Gasteiger partial charge in [0.05, 0.1) is 17.7 Å². The van der Waals surface area contributed by atoms with E-state index >= 15 is 0 Å². The number of methoxy groups -OCH3 is 1. The number of hydrogen-bond donors (Lipinski definition) is 0. The molecule has 0 N–H and O–H groups in total. The van der Waals surface area contributed by atoms with E-state index in [0.717, 1.165) is 0 Å². The van der Waals surface area contributed by atoms with Gasteiger partial charge in [0.25, 0.3) is 0 Å². The molecule has 0 bridgehead atoms. The lowest BCUT2D eigenvalue weighted by Gasteiger charge is -2.09. The number of hydrogen-bond acceptors (Lipinski definition) is 5. The van der Waals surface area contributed by atoms with Crippen LogP contribution in [0.3, 0.4) is 0 Å². The van der Waals surface area contributed by atoms with Crippen molar-refractivity contribution in [3.8, 4) is 5.75 Å². The second kappa shape index (κ2) is 7.57. The quantitative estimate of drug-likeness (QED) is 0.263. The highest BCUT2D eigenvalue weighted by atomic mass is 35.5. The molecule has 6 heteroatoms. The molecule has 0 unspecified atom stereocenters. The van der Waals surface area contributed by atoms with Crippen LogP contribution in [-0.2, 0) is 9.59 Å². The molecule has 2 aromatic rings. The van der Waals surface area contributed by atoms with Crippen LogP contribution in [0.5, 0.6) is 5.75 Å². The first-order chi connectivity index (χ1) is 11.4. The zero-order valence-corrected chi connectivity index (χ0v) is 13.4. The Labute approximate surface area is 143 Å². The molecular weight excluding hydrogens is 332 g/mol. The van der Waals surface area contributed by atoms with Crippen molar-refractivity contribution in [2.75, 3.05) is 7.11 Å². The maximum Gasteiger partial charge on any atom is 0.212 e. The summed E-state index contributed by atoms with van der Waals surface area (Å²) in [7, 11) is 1.50. The monoisotopic (exact) mass is 343 g/mol. The highest BCUT2D eigenvalue weighted by Crippen LogP contribution is 2.21. The van der Waals surface area contributed by atoms with Gasteiger partial charge >= 0.3 is 0 Å². The Bertz CT molecular complexity index is 822. The molecule has 5 nitrogen and oxygen atoms in total. The normalized spacial score (nSPS) is 11.0. The summed E-state index contributed by atoms with van der Waals surface area (Å²) in [5.41, 5.74) is -0.0393. The van der Waals surface area contributed by atoms with Gasteiger partial charge in [-0.15, -0.1) is 0 Å². The lowest BCUT2D eigenvalue weighted by molar-refractivity contribution is -0.299. The van der Waals surface area contributed by atoms with E-state index in [1.165, 1.54) is 25.3 Å². The third-order valence-corrected chi connectivity index (χ3v) is 3.55. The van der Waals surface area contributed by atoms with Crippen LogP contribution < -0.4 is 9.84 Å². The van der Waals surface area contributed by atoms with Gasteiger partial charge < -0.3 is 14.6 Å². The first kappa shape index (κ1) is 17.4. The molecule has 0 saturated carbocycles. The summed E-state index contributed by atoms with van der Waals surface area (Å²) < 4.78 is 5.02. The van der Waals surface area contributed by atoms with Crippen molar-refractivity contribution < 1.29 is 24.2 Å². The number of aliphatic carboxylic acids is 1. The smallest absolute Gasteiger partial charge is 0.212 e. The van der Waals surface area contributed by atoms with E-state index in [1.54, 1.807) is 36.4 Å². The van der Waals surface area contributed by atoms with Gasteiger partial charge in [0.15, 0.2) is 5.78 Å². The van der Waals surface area contributed by atoms with Crippen molar-refractivity contribution in [1.82, 2.24) is 0 Å². The van der Waals surface area contributed by atoms with Gasteiger partial charge in [0.2, 0.25) is 5.78 Å². The Morgan fingerprint density at radius 2 is 1.67 bits per heavy atom. The first-order valence-electron chi connectivity index (χ1n) is 6.84. The fourth-order valence-corrected chi connectivity index (χ4v) is 2.22. The summed E-state index contributed by atoms with van der Waals surface area (Å²) in [5, 5.41) is 11.1. The molecule has 0 amide bonds. The van der Waals surface area contributed by atoms with Gasteiger partial charge in [-0.1, -0.05) is 35.9 Å². The van der Waals surface area contributed by atoms with E-state index in [9.17, 15) is 19.5 Å². The van der Waals surface area contributed by atoms with Gasteiger partial charge in [-0.2, -0.15) is 0 Å². The fraction of sp³-hybridized carbons (Fsp3) is 0.0556. The summed E-state index contributed by atoms with van der Waals surface area (Å²) in [6.45, 7) is 0. The maximum absolute atomic E-state index is 12.5. The Kier molecular flexibility index (Phi) is 5.50. The lowest BCUT2D eigenvalue weighted by atomic mass is 9.97. The topological polar surface area (TPSA) is 83.5 Å². The summed E-state index contributed by atoms with van der Waals surface area (Å²) >= 11 is 5.95. The van der Waals surface area contributed by atoms with Crippen molar-refractivity contribution in [3.05, 3.63) is 70.3 Å². The molecular formula is C18H12ClO5-. The highest BCUT2D eigenvalue weighted by molar-refractivity contribution is 6.50. The predicted molar refractivity (Wildman–Crippen MR) is 86.8 cm³/mol. The number of carboxylic acids is 1. The van der Waals surface area contributed by atoms with Gasteiger partial charge in [-0.25, -0.2) is 0 Å². The molecule has 24 heavy (non-hydrogen) atoms. The van der Waals surface area contributed by atoms with E-state index in [1.807, 2.05) is 0 Å². The Hall–Kier alpha value is -2.92. The van der Waals surface area contributed by atoms with Crippen LogP contribution in [0.15, 0.2) is 54.1 Å². The average Bonchev–Trinajstić information content (AvgIpc) is 2.59. The molecule has 0 spiro atoms. The molecule has 2 rings (SSSR count). The number of ether oxygens (including phenoxy) is 1. The number of ketones is 2. The molecule has 0 aromatic heterocycles. The van der Waals surface area contributed by atoms with Crippen LogP contribution >= 0.6 is 11.6 Å². The molecule has 0 aliphatic carbocycles. The van der Waals surface area contributed by atoms with Crippen molar-refractivity contribution in [3.63, 3.8) is 0 Å². The largest absolute Gasteiger partial charge is 0.541 e. The molecule has 0 aliphatic rings. The van der Waals surface area contributed by atoms with E-state index in [4.69, 9.17) is 16.3 Å². The minimum atomic E-state index is -1.96. The van der Waals surface area contributed by atoms with Crippen molar-refractivity contribution in [2.24, 2.45) is 0 Å². The summed E-state index contributed by atoms with van der Waals surface area (Å²) in [6, 6.07) is 12.5. The van der Waals surface area contributed by atoms with Gasteiger partial charge in [0.1, 0.15) is 11.7 Å². The number of carboxylic acid groups (broad SMARTS) is 1. The van der Waals surface area contributed by atoms with Crippen molar-refractivity contribution in [2.45, 2.75) is 0 Å². The number of carbonyl (C=O) groups excluding carboxylic acids is 3. The van der Waals surface area contributed by atoms with Crippen LogP contribution in [0, 0.1) is 0 Å². The Balaban J connectivity index is 2.50. The molecule has 0 saturated heterocycles. The summed E-state index contributed by atoms with van der Waals surface area (Å²) in [6.07, 6.45) is 1.18. The van der Waals surface area contributed by atoms with Crippen LogP contribution in [0.25, 0.3) is 6.08 Å². The summed E-state index contributed by atoms with van der Waals surface area (Å²) in [4.78, 5) is 35.4. The minimum absolute atomic E-state index is 0.0357. The molecule has 0 heterocycles. The standard InChI is InChI=1S/C18H13ClO5/c1-24-12-8-6-11(7-9-12)10-14(17(21)18(22)23)16(20)13-4-2-3-5-15(13)19/h2-10H,1H3,(H,22,23)/p-1/b14-10-. The van der Waals surface area contributed by atoms with Crippen molar-refractivity contribution in [1.29, 1.82) is 0 Å². The number of Topliss-reactive ketones (excluding diaryl/α,β-unsaturated/α-hetero) is 2. The summed E-state index contributed by atoms with van der Waals surface area (Å²) in [5.74, 6) is -3.58. The zero-order chi connectivity index (χ0) is 17.7. The second-order valence-corrected chi connectivity index (χ2v) is 5.16. The molecule has 0 atom stereocenters. The van der Waals surface area contributed by atoms with E-state index in [-0.39, 0.29) is 10.6 Å². The fourth-order valence-electron chi connectivity index (χ4n) is 2.00. The number of benzene rings is 2. The second-order valence-electron chi connectivity index (χ2n) is 4.76. The third kappa shape index (κ3) is 3.88. The van der Waals surface area contributed by atoms with Gasteiger partial charge in [0, 0.05) is 5.56 Å². The van der Waals surface area contributed by atoms with Crippen molar-refractivity contribution >= 4 is 35.2 Å². The molecule has 0 aliphatic heterocycles. The molecule has 0 fully saturated rings.